The van der Waals surface area contributed by atoms with E-state index in [-0.39, 0.29) is 5.92 Å². The lowest BCUT2D eigenvalue weighted by atomic mass is 10.1. The minimum Gasteiger partial charge on any atom is -0.497 e. The van der Waals surface area contributed by atoms with Crippen molar-refractivity contribution in [2.75, 3.05) is 7.11 Å². The van der Waals surface area contributed by atoms with E-state index < -0.39 is 0 Å². The van der Waals surface area contributed by atoms with E-state index in [1.807, 2.05) is 12.1 Å². The summed E-state index contributed by atoms with van der Waals surface area (Å²) >= 11 is 0. The van der Waals surface area contributed by atoms with Crippen LogP contribution in [0.1, 0.15) is 11.1 Å². The van der Waals surface area contributed by atoms with Crippen LogP contribution in [0, 0.1) is 17.2 Å². The van der Waals surface area contributed by atoms with Gasteiger partial charge in [-0.15, -0.1) is 0 Å². The van der Waals surface area contributed by atoms with Gasteiger partial charge in [-0.2, -0.15) is 5.26 Å². The molecular formula is C11H11NO. The Kier molecular flexibility index (Phi) is 1.94. The molecule has 0 spiro atoms. The fraction of sp³-hybridized carbons (Fsp3) is 0.364. The Bertz CT molecular complexity index is 365. The zero-order valence-corrected chi connectivity index (χ0v) is 7.58. The molecule has 0 saturated heterocycles. The zero-order chi connectivity index (χ0) is 9.26. The van der Waals surface area contributed by atoms with Crippen LogP contribution in [-0.4, -0.2) is 7.11 Å². The van der Waals surface area contributed by atoms with Gasteiger partial charge >= 0.3 is 0 Å². The summed E-state index contributed by atoms with van der Waals surface area (Å²) in [5, 5.41) is 8.78. The van der Waals surface area contributed by atoms with E-state index in [4.69, 9.17) is 10.00 Å². The largest absolute Gasteiger partial charge is 0.497 e. The number of methoxy groups -OCH3 is 1. The number of hydrogen-bond donors (Lipinski definition) is 0. The highest BCUT2D eigenvalue weighted by Crippen LogP contribution is 2.29. The molecule has 0 N–H and O–H groups in total. The first-order valence-electron chi connectivity index (χ1n) is 4.39. The molecule has 0 bridgehead atoms. The maximum atomic E-state index is 8.78. The van der Waals surface area contributed by atoms with Crippen LogP contribution in [0.3, 0.4) is 0 Å². The van der Waals surface area contributed by atoms with E-state index in [0.717, 1.165) is 18.6 Å². The van der Waals surface area contributed by atoms with Crippen molar-refractivity contribution in [1.82, 2.24) is 0 Å². The summed E-state index contributed by atoms with van der Waals surface area (Å²) < 4.78 is 5.13. The predicted octanol–water partition coefficient (Wildman–Crippen LogP) is 1.93. The SMILES string of the molecule is COc1ccc2c(c1)CC(C#N)C2. The Morgan fingerprint density at radius 1 is 1.38 bits per heavy atom. The van der Waals surface area contributed by atoms with Gasteiger partial charge in [-0.1, -0.05) is 6.07 Å². The number of benzene rings is 1. The molecule has 1 aromatic rings. The summed E-state index contributed by atoms with van der Waals surface area (Å²) in [5.41, 5.74) is 2.57. The van der Waals surface area contributed by atoms with E-state index in [1.165, 1.54) is 11.1 Å². The molecule has 0 amide bonds. The van der Waals surface area contributed by atoms with Gasteiger partial charge in [0.1, 0.15) is 5.75 Å². The number of ether oxygens (including phenoxy) is 1. The first-order valence-corrected chi connectivity index (χ1v) is 4.39. The second-order valence-electron chi connectivity index (χ2n) is 3.37. The van der Waals surface area contributed by atoms with Crippen molar-refractivity contribution in [3.63, 3.8) is 0 Å². The monoisotopic (exact) mass is 173 g/mol. The number of fused-ring (bicyclic) bond motifs is 1. The van der Waals surface area contributed by atoms with E-state index in [0.29, 0.717) is 0 Å². The second kappa shape index (κ2) is 3.10. The summed E-state index contributed by atoms with van der Waals surface area (Å²) in [4.78, 5) is 0. The Labute approximate surface area is 77.8 Å². The number of nitrogens with zero attached hydrogens (tertiary/aromatic N) is 1. The molecule has 0 aliphatic heterocycles. The number of nitriles is 1. The lowest BCUT2D eigenvalue weighted by Crippen LogP contribution is -1.92. The smallest absolute Gasteiger partial charge is 0.119 e. The van der Waals surface area contributed by atoms with E-state index in [9.17, 15) is 0 Å². The average Bonchev–Trinajstić information content (AvgIpc) is 2.58. The first-order chi connectivity index (χ1) is 6.33. The highest BCUT2D eigenvalue weighted by Gasteiger charge is 2.20. The average molecular weight is 173 g/mol. The van der Waals surface area contributed by atoms with Gasteiger partial charge in [0.2, 0.25) is 0 Å². The molecule has 2 heteroatoms. The van der Waals surface area contributed by atoms with Crippen molar-refractivity contribution in [3.05, 3.63) is 29.3 Å². The molecule has 1 unspecified atom stereocenters. The van der Waals surface area contributed by atoms with Crippen LogP contribution in [-0.2, 0) is 12.8 Å². The molecule has 13 heavy (non-hydrogen) atoms. The minimum atomic E-state index is 0.169. The summed E-state index contributed by atoms with van der Waals surface area (Å²) in [6.45, 7) is 0. The molecule has 1 atom stereocenters. The normalized spacial score (nSPS) is 19.2. The molecule has 1 aliphatic carbocycles. The van der Waals surface area contributed by atoms with E-state index in [2.05, 4.69) is 12.1 Å². The Hall–Kier alpha value is -1.49. The van der Waals surface area contributed by atoms with Crippen molar-refractivity contribution < 1.29 is 4.74 Å². The van der Waals surface area contributed by atoms with Gasteiger partial charge in [0.25, 0.3) is 0 Å². The maximum absolute atomic E-state index is 8.78. The number of rotatable bonds is 1. The number of hydrogen-bond acceptors (Lipinski definition) is 2. The molecule has 0 saturated carbocycles. The minimum absolute atomic E-state index is 0.169. The summed E-state index contributed by atoms with van der Waals surface area (Å²) in [6.07, 6.45) is 1.78. The van der Waals surface area contributed by atoms with E-state index in [1.54, 1.807) is 7.11 Å². The van der Waals surface area contributed by atoms with Gasteiger partial charge in [0, 0.05) is 0 Å². The highest BCUT2D eigenvalue weighted by atomic mass is 16.5. The van der Waals surface area contributed by atoms with Gasteiger partial charge in [0.05, 0.1) is 19.1 Å². The molecule has 2 nitrogen and oxygen atoms in total. The van der Waals surface area contributed by atoms with Crippen LogP contribution in [0.25, 0.3) is 0 Å². The second-order valence-corrected chi connectivity index (χ2v) is 3.37. The van der Waals surface area contributed by atoms with Crippen molar-refractivity contribution in [2.24, 2.45) is 5.92 Å². The van der Waals surface area contributed by atoms with Crippen molar-refractivity contribution in [3.8, 4) is 11.8 Å². The quantitative estimate of drug-likeness (QED) is 0.650. The van der Waals surface area contributed by atoms with Gasteiger partial charge in [-0.25, -0.2) is 0 Å². The lowest BCUT2D eigenvalue weighted by Gasteiger charge is -2.02. The predicted molar refractivity (Wildman–Crippen MR) is 49.5 cm³/mol. The topological polar surface area (TPSA) is 33.0 Å². The molecule has 0 heterocycles. The van der Waals surface area contributed by atoms with Crippen LogP contribution in [0.4, 0.5) is 0 Å². The van der Waals surface area contributed by atoms with Crippen LogP contribution < -0.4 is 4.74 Å². The van der Waals surface area contributed by atoms with Gasteiger partial charge in [-0.3, -0.25) is 0 Å². The highest BCUT2D eigenvalue weighted by molar-refractivity contribution is 5.40. The zero-order valence-electron chi connectivity index (χ0n) is 7.58. The molecular weight excluding hydrogens is 162 g/mol. The third-order valence-electron chi connectivity index (χ3n) is 2.53. The Morgan fingerprint density at radius 2 is 2.15 bits per heavy atom. The van der Waals surface area contributed by atoms with Crippen LogP contribution in [0.15, 0.2) is 18.2 Å². The van der Waals surface area contributed by atoms with Crippen LogP contribution in [0.2, 0.25) is 0 Å². The summed E-state index contributed by atoms with van der Waals surface area (Å²) in [5.74, 6) is 1.06. The molecule has 0 fully saturated rings. The van der Waals surface area contributed by atoms with Crippen molar-refractivity contribution >= 4 is 0 Å². The third kappa shape index (κ3) is 1.38. The molecule has 0 radical (unpaired) electrons. The van der Waals surface area contributed by atoms with Crippen LogP contribution >= 0.6 is 0 Å². The van der Waals surface area contributed by atoms with Crippen molar-refractivity contribution in [1.29, 1.82) is 5.26 Å². The first kappa shape index (κ1) is 8.12. The van der Waals surface area contributed by atoms with Gasteiger partial charge in [-0.05, 0) is 36.1 Å². The molecule has 0 aromatic heterocycles. The fourth-order valence-electron chi connectivity index (χ4n) is 1.81. The summed E-state index contributed by atoms with van der Waals surface area (Å²) in [7, 11) is 1.67. The summed E-state index contributed by atoms with van der Waals surface area (Å²) in [6, 6.07) is 8.36. The maximum Gasteiger partial charge on any atom is 0.119 e. The van der Waals surface area contributed by atoms with Gasteiger partial charge in [0.15, 0.2) is 0 Å². The Balaban J connectivity index is 2.32. The lowest BCUT2D eigenvalue weighted by molar-refractivity contribution is 0.414. The standard InChI is InChI=1S/C11H11NO/c1-13-11-3-2-9-4-8(7-12)5-10(9)6-11/h2-3,6,8H,4-5H2,1H3. The fourth-order valence-corrected chi connectivity index (χ4v) is 1.81. The molecule has 2 rings (SSSR count). The van der Waals surface area contributed by atoms with E-state index >= 15 is 0 Å². The Morgan fingerprint density at radius 3 is 2.85 bits per heavy atom. The third-order valence-corrected chi connectivity index (χ3v) is 2.53. The van der Waals surface area contributed by atoms with Crippen LogP contribution in [0.5, 0.6) is 5.75 Å². The molecule has 1 aromatic carbocycles. The molecule has 66 valence electrons. The van der Waals surface area contributed by atoms with Gasteiger partial charge < -0.3 is 4.74 Å². The van der Waals surface area contributed by atoms with Crippen molar-refractivity contribution in [2.45, 2.75) is 12.8 Å². The molecule has 1 aliphatic rings.